The third kappa shape index (κ3) is 3.62. The number of hydrogen-bond donors (Lipinski definition) is 1. The predicted molar refractivity (Wildman–Crippen MR) is 68.8 cm³/mol. The van der Waals surface area contributed by atoms with Gasteiger partial charge in [-0.3, -0.25) is 14.4 Å². The van der Waals surface area contributed by atoms with Gasteiger partial charge in [0.25, 0.3) is 0 Å². The summed E-state index contributed by atoms with van der Waals surface area (Å²) in [4.78, 5) is 34.4. The molecule has 1 aliphatic heterocycles. The van der Waals surface area contributed by atoms with Crippen LogP contribution in [0.25, 0.3) is 0 Å². The molecule has 0 amide bonds. The van der Waals surface area contributed by atoms with Crippen LogP contribution in [0, 0.1) is 11.8 Å². The molecule has 1 heterocycles. The summed E-state index contributed by atoms with van der Waals surface area (Å²) in [6.45, 7) is 6.80. The zero-order chi connectivity index (χ0) is 14.8. The van der Waals surface area contributed by atoms with Gasteiger partial charge in [-0.2, -0.15) is 0 Å². The molecule has 19 heavy (non-hydrogen) atoms. The van der Waals surface area contributed by atoms with Gasteiger partial charge in [-0.1, -0.05) is 6.92 Å². The van der Waals surface area contributed by atoms with Gasteiger partial charge in [-0.05, 0) is 33.1 Å². The molecule has 1 fully saturated rings. The molecule has 2 unspecified atom stereocenters. The van der Waals surface area contributed by atoms with E-state index in [2.05, 4.69) is 0 Å². The second-order valence-electron chi connectivity index (χ2n) is 5.64. The number of carboxylic acid groups (broad SMARTS) is 1. The molecule has 108 valence electrons. The fraction of sp³-hybridized carbons (Fsp3) is 0.786. The van der Waals surface area contributed by atoms with Crippen LogP contribution in [0.1, 0.15) is 47.0 Å². The van der Waals surface area contributed by atoms with Gasteiger partial charge < -0.3 is 9.84 Å². The second-order valence-corrected chi connectivity index (χ2v) is 5.64. The van der Waals surface area contributed by atoms with Crippen molar-refractivity contribution in [3.05, 3.63) is 0 Å². The monoisotopic (exact) mass is 270 g/mol. The summed E-state index contributed by atoms with van der Waals surface area (Å²) in [5.74, 6) is -1.61. The van der Waals surface area contributed by atoms with E-state index in [4.69, 9.17) is 9.84 Å². The highest BCUT2D eigenvalue weighted by Gasteiger charge is 2.45. The topological polar surface area (TPSA) is 80.7 Å². The Morgan fingerprint density at radius 3 is 2.47 bits per heavy atom. The van der Waals surface area contributed by atoms with Gasteiger partial charge in [0, 0.05) is 18.8 Å². The SMILES string of the molecule is CC(=O)C1CC(=O)[C@H](C)OC(C)(CCC(=O)O)[C@H]1C. The van der Waals surface area contributed by atoms with Gasteiger partial charge in [0.2, 0.25) is 0 Å². The van der Waals surface area contributed by atoms with E-state index in [-0.39, 0.29) is 30.3 Å². The Morgan fingerprint density at radius 2 is 2.00 bits per heavy atom. The second kappa shape index (κ2) is 5.82. The number of ketones is 2. The Bertz CT molecular complexity index is 389. The van der Waals surface area contributed by atoms with Gasteiger partial charge in [0.1, 0.15) is 11.9 Å². The van der Waals surface area contributed by atoms with Gasteiger partial charge in [0.05, 0.1) is 5.60 Å². The number of hydrogen-bond acceptors (Lipinski definition) is 4. The van der Waals surface area contributed by atoms with Crippen molar-refractivity contribution in [3.63, 3.8) is 0 Å². The molecule has 1 aliphatic rings. The molecule has 1 N–H and O–H groups in total. The van der Waals surface area contributed by atoms with Crippen LogP contribution in [0.3, 0.4) is 0 Å². The van der Waals surface area contributed by atoms with Crippen LogP contribution >= 0.6 is 0 Å². The van der Waals surface area contributed by atoms with Crippen LogP contribution in [0.5, 0.6) is 0 Å². The summed E-state index contributed by atoms with van der Waals surface area (Å²) in [6.07, 6.45) is -0.150. The average Bonchev–Trinajstić information content (AvgIpc) is 2.38. The molecule has 0 aliphatic carbocycles. The fourth-order valence-electron chi connectivity index (χ4n) is 2.70. The van der Waals surface area contributed by atoms with Crippen LogP contribution in [-0.2, 0) is 19.1 Å². The minimum absolute atomic E-state index is 0.0353. The van der Waals surface area contributed by atoms with Crippen LogP contribution in [-0.4, -0.2) is 34.3 Å². The standard InChI is InChI=1S/C14H22O5/c1-8-11(9(2)15)7-12(16)10(3)19-14(8,4)6-5-13(17)18/h8,10-11H,5-7H2,1-4H3,(H,17,18)/t8-,10-,11?,14?/m0/s1. The molecule has 0 aromatic carbocycles. The van der Waals surface area contributed by atoms with E-state index in [0.29, 0.717) is 6.42 Å². The summed E-state index contributed by atoms with van der Waals surface area (Å²) in [7, 11) is 0. The van der Waals surface area contributed by atoms with E-state index in [1.807, 2.05) is 6.92 Å². The molecule has 5 nitrogen and oxygen atoms in total. The number of ether oxygens (including phenoxy) is 1. The maximum Gasteiger partial charge on any atom is 0.303 e. The summed E-state index contributed by atoms with van der Waals surface area (Å²) < 4.78 is 5.79. The van der Waals surface area contributed by atoms with Crippen molar-refractivity contribution >= 4 is 17.5 Å². The Kier molecular flexibility index (Phi) is 4.85. The lowest BCUT2D eigenvalue weighted by Gasteiger charge is -2.37. The molecule has 0 bridgehead atoms. The number of carboxylic acids is 1. The van der Waals surface area contributed by atoms with E-state index < -0.39 is 23.6 Å². The molecule has 5 heteroatoms. The fourth-order valence-corrected chi connectivity index (χ4v) is 2.70. The van der Waals surface area contributed by atoms with Crippen molar-refractivity contribution in [2.45, 2.75) is 58.7 Å². The largest absolute Gasteiger partial charge is 0.481 e. The number of aliphatic carboxylic acids is 1. The highest BCUT2D eigenvalue weighted by molar-refractivity contribution is 5.89. The van der Waals surface area contributed by atoms with Crippen LogP contribution in [0.4, 0.5) is 0 Å². The zero-order valence-corrected chi connectivity index (χ0v) is 11.9. The molecular formula is C14H22O5. The number of carbonyl (C=O) groups is 3. The third-order valence-corrected chi connectivity index (χ3v) is 4.24. The zero-order valence-electron chi connectivity index (χ0n) is 11.9. The first-order chi connectivity index (χ1) is 8.67. The first-order valence-electron chi connectivity index (χ1n) is 6.60. The molecule has 0 aromatic heterocycles. The minimum atomic E-state index is -0.903. The lowest BCUT2D eigenvalue weighted by atomic mass is 9.75. The molecule has 0 aromatic rings. The summed E-state index contributed by atoms with van der Waals surface area (Å²) in [5.41, 5.74) is -0.764. The van der Waals surface area contributed by atoms with Crippen molar-refractivity contribution in [2.24, 2.45) is 11.8 Å². The number of rotatable bonds is 4. The number of carbonyl (C=O) groups excluding carboxylic acids is 2. The normalized spacial score (nSPS) is 35.8. The third-order valence-electron chi connectivity index (χ3n) is 4.24. The molecule has 0 spiro atoms. The molecule has 1 rings (SSSR count). The molecular weight excluding hydrogens is 248 g/mol. The first kappa shape index (κ1) is 15.8. The Balaban J connectivity index is 3.02. The molecule has 1 saturated heterocycles. The highest BCUT2D eigenvalue weighted by atomic mass is 16.5. The maximum atomic E-state index is 11.9. The quantitative estimate of drug-likeness (QED) is 0.843. The lowest BCUT2D eigenvalue weighted by molar-refractivity contribution is -0.149. The van der Waals surface area contributed by atoms with Crippen molar-refractivity contribution in [2.75, 3.05) is 0 Å². The van der Waals surface area contributed by atoms with E-state index in [1.165, 1.54) is 6.92 Å². The summed E-state index contributed by atoms with van der Waals surface area (Å²) in [6, 6.07) is 0. The molecule has 4 atom stereocenters. The molecule has 0 radical (unpaired) electrons. The maximum absolute atomic E-state index is 11.9. The van der Waals surface area contributed by atoms with Crippen molar-refractivity contribution < 1.29 is 24.2 Å². The van der Waals surface area contributed by atoms with Crippen molar-refractivity contribution in [3.8, 4) is 0 Å². The van der Waals surface area contributed by atoms with E-state index >= 15 is 0 Å². The average molecular weight is 270 g/mol. The highest BCUT2D eigenvalue weighted by Crippen LogP contribution is 2.38. The van der Waals surface area contributed by atoms with Gasteiger partial charge in [-0.15, -0.1) is 0 Å². The summed E-state index contributed by atoms with van der Waals surface area (Å²) >= 11 is 0. The smallest absolute Gasteiger partial charge is 0.303 e. The Labute approximate surface area is 113 Å². The van der Waals surface area contributed by atoms with E-state index in [1.54, 1.807) is 13.8 Å². The minimum Gasteiger partial charge on any atom is -0.481 e. The van der Waals surface area contributed by atoms with Crippen molar-refractivity contribution in [1.29, 1.82) is 0 Å². The Morgan fingerprint density at radius 1 is 1.42 bits per heavy atom. The van der Waals surface area contributed by atoms with Gasteiger partial charge >= 0.3 is 5.97 Å². The lowest BCUT2D eigenvalue weighted by Crippen LogP contribution is -2.42. The van der Waals surface area contributed by atoms with Crippen LogP contribution in [0.2, 0.25) is 0 Å². The summed E-state index contributed by atoms with van der Waals surface area (Å²) in [5, 5.41) is 8.82. The van der Waals surface area contributed by atoms with Crippen molar-refractivity contribution in [1.82, 2.24) is 0 Å². The first-order valence-corrected chi connectivity index (χ1v) is 6.60. The predicted octanol–water partition coefficient (Wildman–Crippen LogP) is 1.83. The van der Waals surface area contributed by atoms with Crippen LogP contribution in [0.15, 0.2) is 0 Å². The van der Waals surface area contributed by atoms with Gasteiger partial charge in [0.15, 0.2) is 5.78 Å². The van der Waals surface area contributed by atoms with E-state index in [0.717, 1.165) is 0 Å². The van der Waals surface area contributed by atoms with E-state index in [9.17, 15) is 14.4 Å². The van der Waals surface area contributed by atoms with Crippen LogP contribution < -0.4 is 0 Å². The Hall–Kier alpha value is -1.23. The number of Topliss-reactive ketones (excluding diaryl/α,β-unsaturated/α-hetero) is 2. The molecule has 0 saturated carbocycles. The van der Waals surface area contributed by atoms with Gasteiger partial charge in [-0.25, -0.2) is 0 Å².